The van der Waals surface area contributed by atoms with E-state index < -0.39 is 0 Å². The van der Waals surface area contributed by atoms with Gasteiger partial charge in [0.25, 0.3) is 0 Å². The van der Waals surface area contributed by atoms with Crippen LogP contribution in [0.25, 0.3) is 65.0 Å². The largest absolute Gasteiger partial charge is 0.460 e. The van der Waals surface area contributed by atoms with Gasteiger partial charge in [-0.15, -0.1) is 11.3 Å². The first kappa shape index (κ1) is 35.4. The second-order valence-corrected chi connectivity index (χ2v) is 15.4. The molecule has 56 heavy (non-hydrogen) atoms. The van der Waals surface area contributed by atoms with Gasteiger partial charge in [-0.1, -0.05) is 134 Å². The van der Waals surface area contributed by atoms with Gasteiger partial charge in [-0.2, -0.15) is 0 Å². The average molecular weight is 746 g/mol. The minimum absolute atomic E-state index is 0.0405. The average Bonchev–Trinajstić information content (AvgIpc) is 3.84. The summed E-state index contributed by atoms with van der Waals surface area (Å²) in [5, 5.41) is 3.67. The lowest BCUT2D eigenvalue weighted by Crippen LogP contribution is -2.20. The van der Waals surface area contributed by atoms with Crippen LogP contribution in [0.4, 0.5) is 0 Å². The fourth-order valence-electron chi connectivity index (χ4n) is 8.26. The zero-order chi connectivity index (χ0) is 38.0. The van der Waals surface area contributed by atoms with Crippen molar-refractivity contribution in [2.45, 2.75) is 25.3 Å². The van der Waals surface area contributed by atoms with Crippen LogP contribution in [0.1, 0.15) is 46.9 Å². The Balaban J connectivity index is 0.00000202. The van der Waals surface area contributed by atoms with Crippen LogP contribution >= 0.6 is 11.3 Å². The summed E-state index contributed by atoms with van der Waals surface area (Å²) >= 11 is 1.81. The molecular weight excluding hydrogens is 703 g/mol. The number of furan rings is 1. The van der Waals surface area contributed by atoms with Crippen molar-refractivity contribution in [1.29, 1.82) is 0 Å². The van der Waals surface area contributed by atoms with E-state index in [1.54, 1.807) is 0 Å². The van der Waals surface area contributed by atoms with Gasteiger partial charge in [0.15, 0.2) is 0 Å². The third kappa shape index (κ3) is 6.70. The standard InChI is InChI=1S/C50H38N2OS.CH5N/c51-50(38-25-27-47-43(28-38)40-18-10-11-19-46(40)54-47)52-49(36-22-20-34(21-23-36)32-12-4-1-5-13-32)37-24-26-41-44(30-37)53-45-31-39(33-14-6-2-7-15-33)29-42(48(41)45)35-16-8-3-9-17-35;1-2/h1-8,10-16,18-29,31,37,49H,9,17,30H2,(H2,51,52);2H2,1H3. The Labute approximate surface area is 331 Å². The van der Waals surface area contributed by atoms with Crippen molar-refractivity contribution in [3.63, 3.8) is 0 Å². The molecule has 274 valence electrons. The number of hydrogen-bond acceptors (Lipinski definition) is 4. The maximum Gasteiger partial charge on any atom is 0.136 e. The van der Waals surface area contributed by atoms with Gasteiger partial charge in [-0.25, -0.2) is 0 Å². The summed E-state index contributed by atoms with van der Waals surface area (Å²) < 4.78 is 9.40. The normalized spacial score (nSPS) is 15.7. The van der Waals surface area contributed by atoms with E-state index >= 15 is 0 Å². The second-order valence-electron chi connectivity index (χ2n) is 14.3. The number of hydrogen-bond donors (Lipinski definition) is 2. The van der Waals surface area contributed by atoms with Gasteiger partial charge in [0.1, 0.15) is 17.2 Å². The molecule has 4 nitrogen and oxygen atoms in total. The van der Waals surface area contributed by atoms with E-state index in [2.05, 4.69) is 176 Å². The SMILES string of the molecule is CN.NC(=NC(c1ccc(-c2ccccc2)cc1)C1C=Cc2c(oc3cc(-c4ccccc4)cc(C4=CC=CCC4)c23)C1)c1ccc2sc3ccccc3c2c1. The van der Waals surface area contributed by atoms with Crippen molar-refractivity contribution in [1.82, 2.24) is 0 Å². The lowest BCUT2D eigenvalue weighted by atomic mass is 9.83. The molecule has 8 aromatic rings. The second kappa shape index (κ2) is 15.5. The first-order chi connectivity index (χ1) is 27.7. The van der Waals surface area contributed by atoms with Crippen LogP contribution in [-0.2, 0) is 6.42 Å². The van der Waals surface area contributed by atoms with E-state index in [9.17, 15) is 0 Å². The quantitative estimate of drug-likeness (QED) is 0.126. The van der Waals surface area contributed by atoms with E-state index in [0.29, 0.717) is 5.84 Å². The van der Waals surface area contributed by atoms with Crippen LogP contribution in [0.15, 0.2) is 173 Å². The van der Waals surface area contributed by atoms with Gasteiger partial charge in [0.2, 0.25) is 0 Å². The van der Waals surface area contributed by atoms with Gasteiger partial charge in [-0.3, -0.25) is 4.99 Å². The molecule has 2 aliphatic rings. The summed E-state index contributed by atoms with van der Waals surface area (Å²) in [7, 11) is 1.50. The highest BCUT2D eigenvalue weighted by molar-refractivity contribution is 7.25. The number of fused-ring (bicyclic) bond motifs is 6. The van der Waals surface area contributed by atoms with Crippen LogP contribution < -0.4 is 11.5 Å². The van der Waals surface area contributed by atoms with Gasteiger partial charge in [0, 0.05) is 49.0 Å². The van der Waals surface area contributed by atoms with Crippen molar-refractivity contribution in [2.75, 3.05) is 7.05 Å². The van der Waals surface area contributed by atoms with E-state index in [0.717, 1.165) is 41.7 Å². The number of nitrogens with two attached hydrogens (primary N) is 2. The molecule has 0 amide bonds. The van der Waals surface area contributed by atoms with Crippen molar-refractivity contribution in [3.8, 4) is 22.3 Å². The Morgan fingerprint density at radius 2 is 1.43 bits per heavy atom. The molecule has 2 atom stereocenters. The summed E-state index contributed by atoms with van der Waals surface area (Å²) in [6.45, 7) is 0. The minimum atomic E-state index is -0.215. The molecule has 10 rings (SSSR count). The fraction of sp³-hybridized carbons (Fsp3) is 0.118. The van der Waals surface area contributed by atoms with E-state index in [4.69, 9.17) is 15.1 Å². The molecule has 4 N–H and O–H groups in total. The zero-order valence-corrected chi connectivity index (χ0v) is 32.2. The van der Waals surface area contributed by atoms with Gasteiger partial charge in [-0.05, 0) is 95.2 Å². The molecule has 2 aliphatic carbocycles. The van der Waals surface area contributed by atoms with Crippen LogP contribution in [0, 0.1) is 5.92 Å². The van der Waals surface area contributed by atoms with E-state index in [1.807, 2.05) is 11.3 Å². The lowest BCUT2D eigenvalue weighted by molar-refractivity contribution is 0.452. The highest BCUT2D eigenvalue weighted by Crippen LogP contribution is 2.44. The Morgan fingerprint density at radius 3 is 2.18 bits per heavy atom. The van der Waals surface area contributed by atoms with Gasteiger partial charge >= 0.3 is 0 Å². The summed E-state index contributed by atoms with van der Waals surface area (Å²) in [4.78, 5) is 5.37. The summed E-state index contributed by atoms with van der Waals surface area (Å²) in [5.74, 6) is 1.58. The number of allylic oxidation sites excluding steroid dienone is 4. The van der Waals surface area contributed by atoms with Crippen molar-refractivity contribution in [3.05, 3.63) is 192 Å². The number of aliphatic imine (C=N–C) groups is 1. The number of nitrogens with zero attached hydrogens (tertiary/aromatic N) is 1. The highest BCUT2D eigenvalue weighted by atomic mass is 32.1. The summed E-state index contributed by atoms with van der Waals surface area (Å²) in [5.41, 5.74) is 23.0. The molecule has 2 aromatic heterocycles. The Bertz CT molecular complexity index is 2800. The number of amidine groups is 1. The predicted octanol–water partition coefficient (Wildman–Crippen LogP) is 12.8. The monoisotopic (exact) mass is 745 g/mol. The van der Waals surface area contributed by atoms with E-state index in [1.165, 1.54) is 71.6 Å². The maximum absolute atomic E-state index is 6.99. The van der Waals surface area contributed by atoms with Crippen molar-refractivity contribution >= 4 is 60.0 Å². The molecular formula is C51H43N3OS. The molecule has 0 spiro atoms. The predicted molar refractivity (Wildman–Crippen MR) is 239 cm³/mol. The summed E-state index contributed by atoms with van der Waals surface area (Å²) in [6, 6.07) is 49.4. The van der Waals surface area contributed by atoms with Crippen LogP contribution in [0.3, 0.4) is 0 Å². The smallest absolute Gasteiger partial charge is 0.136 e. The summed E-state index contributed by atoms with van der Waals surface area (Å²) in [6.07, 6.45) is 14.1. The maximum atomic E-state index is 6.99. The molecule has 0 bridgehead atoms. The fourth-order valence-corrected chi connectivity index (χ4v) is 9.34. The minimum Gasteiger partial charge on any atom is -0.460 e. The molecule has 0 saturated heterocycles. The molecule has 0 saturated carbocycles. The molecule has 2 heterocycles. The van der Waals surface area contributed by atoms with Crippen LogP contribution in [0.5, 0.6) is 0 Å². The third-order valence-electron chi connectivity index (χ3n) is 11.0. The first-order valence-electron chi connectivity index (χ1n) is 19.3. The molecule has 2 unspecified atom stereocenters. The molecule has 5 heteroatoms. The molecule has 0 fully saturated rings. The Morgan fingerprint density at radius 1 is 0.732 bits per heavy atom. The number of thiophene rings is 1. The Kier molecular flexibility index (Phi) is 9.78. The number of rotatable bonds is 7. The lowest BCUT2D eigenvalue weighted by Gasteiger charge is -2.25. The topological polar surface area (TPSA) is 77.5 Å². The number of benzene rings is 6. The molecule has 6 aromatic carbocycles. The van der Waals surface area contributed by atoms with Crippen LogP contribution in [0.2, 0.25) is 0 Å². The van der Waals surface area contributed by atoms with Crippen LogP contribution in [-0.4, -0.2) is 12.9 Å². The third-order valence-corrected chi connectivity index (χ3v) is 12.2. The van der Waals surface area contributed by atoms with Crippen molar-refractivity contribution < 1.29 is 4.42 Å². The zero-order valence-electron chi connectivity index (χ0n) is 31.4. The van der Waals surface area contributed by atoms with Gasteiger partial charge < -0.3 is 15.9 Å². The van der Waals surface area contributed by atoms with Crippen molar-refractivity contribution in [2.24, 2.45) is 22.4 Å². The van der Waals surface area contributed by atoms with E-state index in [-0.39, 0.29) is 12.0 Å². The van der Waals surface area contributed by atoms with Gasteiger partial charge in [0.05, 0.1) is 6.04 Å². The molecule has 0 aliphatic heterocycles. The molecule has 0 radical (unpaired) electrons. The first-order valence-corrected chi connectivity index (χ1v) is 20.1. The highest BCUT2D eigenvalue weighted by Gasteiger charge is 2.30. The Hall–Kier alpha value is -6.27.